The highest BCUT2D eigenvalue weighted by molar-refractivity contribution is 7.92. The number of nitrogens with one attached hydrogen (secondary N) is 1. The van der Waals surface area contributed by atoms with E-state index in [1.165, 1.54) is 0 Å². The molecule has 1 aliphatic rings. The molecule has 0 bridgehead atoms. The molecule has 1 N–H and O–H groups in total. The summed E-state index contributed by atoms with van der Waals surface area (Å²) in [5.41, 5.74) is 1.60. The predicted molar refractivity (Wildman–Crippen MR) is 58.7 cm³/mol. The fourth-order valence-electron chi connectivity index (χ4n) is 1.67. The van der Waals surface area contributed by atoms with Gasteiger partial charge in [-0.05, 0) is 24.5 Å². The molecule has 4 nitrogen and oxygen atoms in total. The molecule has 0 saturated carbocycles. The van der Waals surface area contributed by atoms with E-state index in [1.54, 1.807) is 6.07 Å². The van der Waals surface area contributed by atoms with Crippen molar-refractivity contribution in [1.29, 1.82) is 0 Å². The number of sulfonamides is 1. The van der Waals surface area contributed by atoms with Crippen LogP contribution < -0.4 is 9.46 Å². The number of rotatable bonds is 2. The molecule has 1 aliphatic heterocycles. The smallest absolute Gasteiger partial charge is 0.229 e. The molecule has 0 amide bonds. The van der Waals surface area contributed by atoms with E-state index in [4.69, 9.17) is 4.74 Å². The topological polar surface area (TPSA) is 55.4 Å². The number of ether oxygens (including phenoxy) is 1. The number of hydrogen-bond acceptors (Lipinski definition) is 3. The average Bonchev–Trinajstić information content (AvgIpc) is 2.16. The third-order valence-corrected chi connectivity index (χ3v) is 2.82. The average molecular weight is 227 g/mol. The van der Waals surface area contributed by atoms with Crippen molar-refractivity contribution >= 4 is 15.7 Å². The van der Waals surface area contributed by atoms with Crippen molar-refractivity contribution < 1.29 is 13.2 Å². The van der Waals surface area contributed by atoms with Crippen molar-refractivity contribution in [1.82, 2.24) is 0 Å². The molecule has 0 saturated heterocycles. The number of fused-ring (bicyclic) bond motifs is 1. The van der Waals surface area contributed by atoms with Crippen LogP contribution in [0.1, 0.15) is 12.0 Å². The Balaban J connectivity index is 2.39. The number of anilines is 1. The van der Waals surface area contributed by atoms with Gasteiger partial charge < -0.3 is 4.74 Å². The molecule has 0 aliphatic carbocycles. The predicted octanol–water partition coefficient (Wildman–Crippen LogP) is 1.38. The van der Waals surface area contributed by atoms with E-state index in [-0.39, 0.29) is 0 Å². The van der Waals surface area contributed by atoms with Crippen molar-refractivity contribution in [3.8, 4) is 5.75 Å². The lowest BCUT2D eigenvalue weighted by Crippen LogP contribution is -2.14. The van der Waals surface area contributed by atoms with Gasteiger partial charge in [0.05, 0.1) is 18.6 Å². The van der Waals surface area contributed by atoms with Gasteiger partial charge in [0.15, 0.2) is 0 Å². The van der Waals surface area contributed by atoms with Crippen molar-refractivity contribution in [2.24, 2.45) is 0 Å². The summed E-state index contributed by atoms with van der Waals surface area (Å²) in [6, 6.07) is 5.51. The van der Waals surface area contributed by atoms with Gasteiger partial charge in [-0.1, -0.05) is 12.1 Å². The lowest BCUT2D eigenvalue weighted by Gasteiger charge is -2.20. The lowest BCUT2D eigenvalue weighted by molar-refractivity contribution is 0.290. The van der Waals surface area contributed by atoms with Crippen LogP contribution in [0, 0.1) is 0 Å². The van der Waals surface area contributed by atoms with Crippen molar-refractivity contribution in [3.63, 3.8) is 0 Å². The molecule has 5 heteroatoms. The first-order chi connectivity index (χ1) is 7.06. The third kappa shape index (κ3) is 2.41. The van der Waals surface area contributed by atoms with Gasteiger partial charge in [0, 0.05) is 0 Å². The third-order valence-electron chi connectivity index (χ3n) is 2.23. The van der Waals surface area contributed by atoms with Crippen molar-refractivity contribution in [2.45, 2.75) is 12.8 Å². The van der Waals surface area contributed by atoms with Crippen LogP contribution >= 0.6 is 0 Å². The summed E-state index contributed by atoms with van der Waals surface area (Å²) < 4.78 is 30.2. The number of benzene rings is 1. The van der Waals surface area contributed by atoms with E-state index in [0.29, 0.717) is 18.0 Å². The lowest BCUT2D eigenvalue weighted by atomic mass is 10.1. The second-order valence-electron chi connectivity index (χ2n) is 3.62. The maximum Gasteiger partial charge on any atom is 0.229 e. The number of para-hydroxylation sites is 1. The van der Waals surface area contributed by atoms with E-state index in [2.05, 4.69) is 4.72 Å². The minimum absolute atomic E-state index is 0.537. The fraction of sp³-hybridized carbons (Fsp3) is 0.400. The highest BCUT2D eigenvalue weighted by Crippen LogP contribution is 2.33. The first-order valence-electron chi connectivity index (χ1n) is 4.79. The molecular weight excluding hydrogens is 214 g/mol. The molecule has 0 spiro atoms. The van der Waals surface area contributed by atoms with Gasteiger partial charge in [-0.3, -0.25) is 4.72 Å². The van der Waals surface area contributed by atoms with E-state index in [0.717, 1.165) is 24.7 Å². The van der Waals surface area contributed by atoms with Crippen LogP contribution in [0.3, 0.4) is 0 Å². The molecule has 0 atom stereocenters. The Morgan fingerprint density at radius 1 is 1.40 bits per heavy atom. The van der Waals surface area contributed by atoms with Crippen LogP contribution in [0.4, 0.5) is 5.69 Å². The Morgan fingerprint density at radius 2 is 2.20 bits per heavy atom. The van der Waals surface area contributed by atoms with Crippen LogP contribution in [0.5, 0.6) is 5.75 Å². The van der Waals surface area contributed by atoms with Gasteiger partial charge >= 0.3 is 0 Å². The van der Waals surface area contributed by atoms with Crippen LogP contribution in [0.15, 0.2) is 18.2 Å². The molecule has 1 aromatic carbocycles. The van der Waals surface area contributed by atoms with Crippen LogP contribution in [0.2, 0.25) is 0 Å². The fourth-order valence-corrected chi connectivity index (χ4v) is 2.23. The first-order valence-corrected chi connectivity index (χ1v) is 6.68. The maximum atomic E-state index is 11.1. The monoisotopic (exact) mass is 227 g/mol. The highest BCUT2D eigenvalue weighted by atomic mass is 32.2. The van der Waals surface area contributed by atoms with Gasteiger partial charge in [0.1, 0.15) is 5.75 Å². The number of aryl methyl sites for hydroxylation is 1. The molecule has 2 rings (SSSR count). The minimum Gasteiger partial charge on any atom is -0.491 e. The highest BCUT2D eigenvalue weighted by Gasteiger charge is 2.15. The van der Waals surface area contributed by atoms with E-state index >= 15 is 0 Å². The van der Waals surface area contributed by atoms with Gasteiger partial charge in [0.2, 0.25) is 10.0 Å². The summed E-state index contributed by atoms with van der Waals surface area (Å²) in [5.74, 6) is 0.675. The first kappa shape index (κ1) is 10.3. The summed E-state index contributed by atoms with van der Waals surface area (Å²) in [6.45, 7) is 0.648. The zero-order chi connectivity index (χ0) is 10.9. The Morgan fingerprint density at radius 3 is 2.93 bits per heavy atom. The largest absolute Gasteiger partial charge is 0.491 e. The second kappa shape index (κ2) is 3.73. The molecule has 0 aromatic heterocycles. The summed E-state index contributed by atoms with van der Waals surface area (Å²) in [7, 11) is -3.24. The van der Waals surface area contributed by atoms with Crippen molar-refractivity contribution in [3.05, 3.63) is 23.8 Å². The van der Waals surface area contributed by atoms with Gasteiger partial charge in [-0.25, -0.2) is 8.42 Å². The SMILES string of the molecule is CS(=O)(=O)Nc1cccc2c1OCCC2. The summed E-state index contributed by atoms with van der Waals surface area (Å²) in [6.07, 6.45) is 3.05. The molecule has 0 unspecified atom stereocenters. The second-order valence-corrected chi connectivity index (χ2v) is 5.37. The molecule has 0 fully saturated rings. The van der Waals surface area contributed by atoms with Gasteiger partial charge in [0.25, 0.3) is 0 Å². The molecule has 0 radical (unpaired) electrons. The summed E-state index contributed by atoms with van der Waals surface area (Å²) in [4.78, 5) is 0. The minimum atomic E-state index is -3.24. The Hall–Kier alpha value is -1.23. The molecule has 1 heterocycles. The summed E-state index contributed by atoms with van der Waals surface area (Å²) in [5, 5.41) is 0. The normalized spacial score (nSPS) is 15.3. The summed E-state index contributed by atoms with van der Waals surface area (Å²) >= 11 is 0. The Bertz CT molecular complexity index is 468. The molecule has 82 valence electrons. The van der Waals surface area contributed by atoms with Crippen LogP contribution in [-0.4, -0.2) is 21.3 Å². The van der Waals surface area contributed by atoms with Crippen molar-refractivity contribution in [2.75, 3.05) is 17.6 Å². The maximum absolute atomic E-state index is 11.1. The van der Waals surface area contributed by atoms with Gasteiger partial charge in [-0.15, -0.1) is 0 Å². The molecular formula is C10H13NO3S. The number of hydrogen-bond donors (Lipinski definition) is 1. The Labute approximate surface area is 89.3 Å². The zero-order valence-electron chi connectivity index (χ0n) is 8.49. The van der Waals surface area contributed by atoms with Crippen LogP contribution in [-0.2, 0) is 16.4 Å². The Kier molecular flexibility index (Phi) is 2.56. The van der Waals surface area contributed by atoms with E-state index < -0.39 is 10.0 Å². The standard InChI is InChI=1S/C10H13NO3S/c1-15(12,13)11-9-6-2-4-8-5-3-7-14-10(8)9/h2,4,6,11H,3,5,7H2,1H3. The molecule has 1 aromatic rings. The van der Waals surface area contributed by atoms with Gasteiger partial charge in [-0.2, -0.15) is 0 Å². The zero-order valence-corrected chi connectivity index (χ0v) is 9.30. The quantitative estimate of drug-likeness (QED) is 0.830. The van der Waals surface area contributed by atoms with E-state index in [1.807, 2.05) is 12.1 Å². The molecule has 15 heavy (non-hydrogen) atoms. The van der Waals surface area contributed by atoms with Crippen LogP contribution in [0.25, 0.3) is 0 Å². The van der Waals surface area contributed by atoms with E-state index in [9.17, 15) is 8.42 Å².